The minimum atomic E-state index is -0.955. The predicted molar refractivity (Wildman–Crippen MR) is 170 cm³/mol. The topological polar surface area (TPSA) is 120 Å². The number of guanidine groups is 1. The third kappa shape index (κ3) is 8.68. The molecule has 0 fully saturated rings. The van der Waals surface area contributed by atoms with Gasteiger partial charge < -0.3 is 26.4 Å². The largest absolute Gasteiger partial charge is 0.481 e. The number of allylic oxidation sites excluding steroid dienone is 2. The fraction of sp³-hybridized carbons (Fsp3) is 0.303. The number of benzene rings is 3. The van der Waals surface area contributed by atoms with Crippen molar-refractivity contribution in [1.29, 1.82) is 0 Å². The Hall–Kier alpha value is -4.14. The number of nitrogens with zero attached hydrogens (tertiary/aromatic N) is 2. The number of amides is 1. The maximum Gasteiger partial charge on any atom is 0.305 e. The summed E-state index contributed by atoms with van der Waals surface area (Å²) in [5.74, 6) is -0.639. The van der Waals surface area contributed by atoms with Gasteiger partial charge in [-0.3, -0.25) is 9.59 Å². The van der Waals surface area contributed by atoms with Gasteiger partial charge in [0.05, 0.1) is 25.7 Å². The SMILES string of the molecule is CC(N/C(=N/CN)N(Cc1ccc(C(=O)NCCC(=O)O)cc1)c1ccc(C2=CCCCC2)cc1)c1ccc(Cl)cc1. The number of halogens is 1. The van der Waals surface area contributed by atoms with E-state index in [0.29, 0.717) is 23.1 Å². The zero-order valence-corrected chi connectivity index (χ0v) is 24.6. The maximum absolute atomic E-state index is 12.4. The molecule has 0 saturated carbocycles. The molecule has 8 nitrogen and oxygen atoms in total. The quantitative estimate of drug-likeness (QED) is 0.158. The fourth-order valence-corrected chi connectivity index (χ4v) is 5.02. The van der Waals surface area contributed by atoms with Gasteiger partial charge in [-0.05, 0) is 91.3 Å². The first kappa shape index (κ1) is 30.8. The minimum absolute atomic E-state index is 0.0707. The van der Waals surface area contributed by atoms with Crippen LogP contribution >= 0.6 is 11.6 Å². The van der Waals surface area contributed by atoms with Crippen molar-refractivity contribution in [3.8, 4) is 0 Å². The number of rotatable bonds is 11. The lowest BCUT2D eigenvalue weighted by molar-refractivity contribution is -0.136. The van der Waals surface area contributed by atoms with Crippen LogP contribution in [0.4, 0.5) is 5.69 Å². The van der Waals surface area contributed by atoms with Gasteiger partial charge in [0.1, 0.15) is 0 Å². The Bertz CT molecular complexity index is 1400. The van der Waals surface area contributed by atoms with E-state index in [1.54, 1.807) is 12.1 Å². The molecule has 3 aromatic rings. The van der Waals surface area contributed by atoms with E-state index in [2.05, 4.69) is 57.8 Å². The maximum atomic E-state index is 12.4. The Labute approximate surface area is 252 Å². The summed E-state index contributed by atoms with van der Waals surface area (Å²) in [5, 5.41) is 15.7. The summed E-state index contributed by atoms with van der Waals surface area (Å²) < 4.78 is 0. The number of carbonyl (C=O) groups excluding carboxylic acids is 1. The summed E-state index contributed by atoms with van der Waals surface area (Å²) in [6, 6.07) is 23.4. The van der Waals surface area contributed by atoms with Gasteiger partial charge in [-0.25, -0.2) is 4.99 Å². The van der Waals surface area contributed by atoms with Crippen LogP contribution in [0, 0.1) is 0 Å². The van der Waals surface area contributed by atoms with Gasteiger partial charge >= 0.3 is 5.97 Å². The minimum Gasteiger partial charge on any atom is -0.481 e. The van der Waals surface area contributed by atoms with Gasteiger partial charge in [-0.15, -0.1) is 0 Å². The smallest absolute Gasteiger partial charge is 0.305 e. The standard InChI is InChI=1S/C33H38ClN5O3/c1-23(25-11-15-29(34)16-12-25)38-33(37-22-35)39(30-17-13-27(14-18-30)26-5-3-2-4-6-26)21-24-7-9-28(10-8-24)32(42)36-20-19-31(40)41/h5,7-18,23H,2-4,6,19-22,35H2,1H3,(H,36,42)(H,37,38)(H,40,41). The average molecular weight is 588 g/mol. The van der Waals surface area contributed by atoms with Gasteiger partial charge in [-0.2, -0.15) is 0 Å². The van der Waals surface area contributed by atoms with Crippen LogP contribution in [0.1, 0.15) is 72.1 Å². The van der Waals surface area contributed by atoms with Crippen LogP contribution in [0.15, 0.2) is 83.9 Å². The number of aliphatic carboxylic acids is 1. The lowest BCUT2D eigenvalue weighted by atomic mass is 9.93. The molecule has 0 aliphatic heterocycles. The molecule has 42 heavy (non-hydrogen) atoms. The third-order valence-electron chi connectivity index (χ3n) is 7.23. The van der Waals surface area contributed by atoms with Crippen molar-refractivity contribution in [2.24, 2.45) is 10.7 Å². The second-order valence-electron chi connectivity index (χ2n) is 10.3. The first-order chi connectivity index (χ1) is 20.3. The Morgan fingerprint density at radius 2 is 1.74 bits per heavy atom. The Morgan fingerprint density at radius 3 is 2.36 bits per heavy atom. The zero-order chi connectivity index (χ0) is 29.9. The highest BCUT2D eigenvalue weighted by molar-refractivity contribution is 6.30. The monoisotopic (exact) mass is 587 g/mol. The fourth-order valence-electron chi connectivity index (χ4n) is 4.90. The predicted octanol–water partition coefficient (Wildman–Crippen LogP) is 6.13. The van der Waals surface area contributed by atoms with Crippen LogP contribution in [0.2, 0.25) is 5.02 Å². The summed E-state index contributed by atoms with van der Waals surface area (Å²) in [6.07, 6.45) is 6.89. The molecule has 4 rings (SSSR count). The molecular formula is C33H38ClN5O3. The number of aliphatic imine (C=N–C) groups is 1. The number of hydrogen-bond acceptors (Lipinski definition) is 4. The number of hydrogen-bond donors (Lipinski definition) is 4. The van der Waals surface area contributed by atoms with E-state index >= 15 is 0 Å². The summed E-state index contributed by atoms with van der Waals surface area (Å²) in [5.41, 5.74) is 12.0. The lowest BCUT2D eigenvalue weighted by Gasteiger charge is -2.30. The van der Waals surface area contributed by atoms with Gasteiger partial charge in [0.2, 0.25) is 5.96 Å². The van der Waals surface area contributed by atoms with Gasteiger partial charge in [0.25, 0.3) is 5.91 Å². The molecular weight excluding hydrogens is 550 g/mol. The molecule has 0 heterocycles. The number of carboxylic acids is 1. The molecule has 1 unspecified atom stereocenters. The van der Waals surface area contributed by atoms with Gasteiger partial charge in [0.15, 0.2) is 0 Å². The van der Waals surface area contributed by atoms with E-state index in [1.165, 1.54) is 24.0 Å². The number of carbonyl (C=O) groups is 2. The van der Waals surface area contributed by atoms with E-state index in [1.807, 2.05) is 36.4 Å². The summed E-state index contributed by atoms with van der Waals surface area (Å²) >= 11 is 6.11. The van der Waals surface area contributed by atoms with E-state index in [9.17, 15) is 9.59 Å². The molecule has 0 saturated heterocycles. The molecule has 1 amide bonds. The number of nitrogens with two attached hydrogens (primary N) is 1. The van der Waals surface area contributed by atoms with Crippen molar-refractivity contribution in [2.45, 2.75) is 51.6 Å². The van der Waals surface area contributed by atoms with Crippen LogP contribution in [0.3, 0.4) is 0 Å². The highest BCUT2D eigenvalue weighted by atomic mass is 35.5. The number of anilines is 1. The van der Waals surface area contributed by atoms with Crippen molar-refractivity contribution in [3.63, 3.8) is 0 Å². The van der Waals surface area contributed by atoms with Gasteiger partial charge in [-0.1, -0.05) is 54.1 Å². The average Bonchev–Trinajstić information content (AvgIpc) is 3.00. The van der Waals surface area contributed by atoms with E-state index in [0.717, 1.165) is 29.7 Å². The van der Waals surface area contributed by atoms with Crippen LogP contribution in [0.25, 0.3) is 5.57 Å². The summed E-state index contributed by atoms with van der Waals surface area (Å²) in [7, 11) is 0. The van der Waals surface area contributed by atoms with E-state index < -0.39 is 5.97 Å². The van der Waals surface area contributed by atoms with Crippen LogP contribution in [-0.2, 0) is 11.3 Å². The molecule has 9 heteroatoms. The molecule has 1 aliphatic carbocycles. The first-order valence-electron chi connectivity index (χ1n) is 14.3. The molecule has 0 bridgehead atoms. The first-order valence-corrected chi connectivity index (χ1v) is 14.6. The molecule has 0 spiro atoms. The second kappa shape index (κ2) is 15.2. The second-order valence-corrected chi connectivity index (χ2v) is 10.7. The Balaban J connectivity index is 1.59. The zero-order valence-electron chi connectivity index (χ0n) is 23.9. The highest BCUT2D eigenvalue weighted by Crippen LogP contribution is 2.29. The van der Waals surface area contributed by atoms with Crippen LogP contribution < -0.4 is 21.3 Å². The van der Waals surface area contributed by atoms with Crippen molar-refractivity contribution in [1.82, 2.24) is 10.6 Å². The van der Waals surface area contributed by atoms with E-state index in [4.69, 9.17) is 22.4 Å². The van der Waals surface area contributed by atoms with E-state index in [-0.39, 0.29) is 31.6 Å². The summed E-state index contributed by atoms with van der Waals surface area (Å²) in [6.45, 7) is 2.71. The molecule has 1 atom stereocenters. The van der Waals surface area contributed by atoms with Gasteiger partial charge in [0, 0.05) is 22.8 Å². The molecule has 0 aromatic heterocycles. The third-order valence-corrected chi connectivity index (χ3v) is 7.49. The van der Waals surface area contributed by atoms with Crippen molar-refractivity contribution in [3.05, 3.63) is 106 Å². The Kier molecular flexibility index (Phi) is 11.1. The van der Waals surface area contributed by atoms with Crippen molar-refractivity contribution < 1.29 is 14.7 Å². The Morgan fingerprint density at radius 1 is 1.02 bits per heavy atom. The van der Waals surface area contributed by atoms with Crippen LogP contribution in [0.5, 0.6) is 0 Å². The highest BCUT2D eigenvalue weighted by Gasteiger charge is 2.19. The molecule has 0 radical (unpaired) electrons. The molecule has 220 valence electrons. The normalized spacial score (nSPS) is 14.1. The molecule has 5 N–H and O–H groups in total. The lowest BCUT2D eigenvalue weighted by Crippen LogP contribution is -2.43. The number of nitrogens with one attached hydrogen (secondary N) is 2. The van der Waals surface area contributed by atoms with Crippen molar-refractivity contribution in [2.75, 3.05) is 18.1 Å². The molecule has 3 aromatic carbocycles. The molecule has 1 aliphatic rings. The summed E-state index contributed by atoms with van der Waals surface area (Å²) in [4.78, 5) is 29.9. The van der Waals surface area contributed by atoms with Crippen LogP contribution in [-0.4, -0.2) is 36.2 Å². The number of carboxylic acid groups (broad SMARTS) is 1. The van der Waals surface area contributed by atoms with Crippen molar-refractivity contribution >= 4 is 40.7 Å².